The normalized spacial score (nSPS) is 13.1. The molecule has 0 fully saturated rings. The van der Waals surface area contributed by atoms with E-state index in [1.165, 1.54) is 0 Å². The molecule has 0 spiro atoms. The first-order chi connectivity index (χ1) is 5.41. The second-order valence-corrected chi connectivity index (χ2v) is 10.9. The average molecular weight is 260 g/mol. The lowest BCUT2D eigenvalue weighted by atomic mass is 10.4. The molecule has 0 aliphatic rings. The zero-order valence-corrected chi connectivity index (χ0v) is 10.3. The third kappa shape index (κ3) is 2.64. The van der Waals surface area contributed by atoms with Gasteiger partial charge in [0.1, 0.15) is 0 Å². The molecule has 1 rings (SSSR count). The van der Waals surface area contributed by atoms with Gasteiger partial charge in [0.2, 0.25) is 0 Å². The highest BCUT2D eigenvalue weighted by atomic mass is 35.8. The molecule has 12 heavy (non-hydrogen) atoms. The van der Waals surface area contributed by atoms with E-state index in [-0.39, 0.29) is 0 Å². The van der Waals surface area contributed by atoms with Gasteiger partial charge in [0.15, 0.2) is 0 Å². The van der Waals surface area contributed by atoms with E-state index in [1.807, 2.05) is 6.92 Å². The largest absolute Gasteiger partial charge is 0.259 e. The van der Waals surface area contributed by atoms with Crippen molar-refractivity contribution in [3.63, 3.8) is 0 Å². The van der Waals surface area contributed by atoms with Crippen LogP contribution < -0.4 is 0 Å². The van der Waals surface area contributed by atoms with Crippen LogP contribution in [0.15, 0.2) is 17.2 Å². The number of thiol groups is 2. The number of aryl methyl sites for hydroxylation is 1. The van der Waals surface area contributed by atoms with Crippen molar-refractivity contribution in [3.05, 3.63) is 23.0 Å². The third-order valence-corrected chi connectivity index (χ3v) is 4.15. The minimum atomic E-state index is -1.84. The van der Waals surface area contributed by atoms with Gasteiger partial charge in [0.05, 0.1) is 10.7 Å². The van der Waals surface area contributed by atoms with E-state index in [9.17, 15) is 0 Å². The Hall–Kier alpha value is 0.780. The maximum atomic E-state index is 5.95. The van der Waals surface area contributed by atoms with Crippen molar-refractivity contribution in [1.82, 2.24) is 4.98 Å². The maximum absolute atomic E-state index is 5.95. The number of nitrogens with zero attached hydrogens (tertiary/aromatic N) is 1. The fourth-order valence-corrected chi connectivity index (χ4v) is 3.26. The van der Waals surface area contributed by atoms with Crippen LogP contribution in [0.1, 0.15) is 5.69 Å². The Morgan fingerprint density at radius 1 is 1.50 bits per heavy atom. The summed E-state index contributed by atoms with van der Waals surface area (Å²) in [7, 11) is 4.11. The molecule has 1 heterocycles. The van der Waals surface area contributed by atoms with Crippen LogP contribution in [0.4, 0.5) is 0 Å². The highest BCUT2D eigenvalue weighted by molar-refractivity contribution is 9.25. The van der Waals surface area contributed by atoms with Crippen LogP contribution in [0.2, 0.25) is 5.02 Å². The van der Waals surface area contributed by atoms with E-state index in [0.717, 1.165) is 10.6 Å². The predicted molar refractivity (Wildman–Crippen MR) is 63.7 cm³/mol. The number of halogens is 2. The van der Waals surface area contributed by atoms with Gasteiger partial charge >= 0.3 is 0 Å². The first-order valence-electron chi connectivity index (χ1n) is 3.01. The summed E-state index contributed by atoms with van der Waals surface area (Å²) in [6.45, 7) is 1.85. The number of pyridine rings is 1. The molecular formula is C6H7Cl2NS3. The Morgan fingerprint density at radius 3 is 2.50 bits per heavy atom. The fourth-order valence-electron chi connectivity index (χ4n) is 0.752. The van der Waals surface area contributed by atoms with Crippen LogP contribution >= 0.6 is 52.9 Å². The van der Waals surface area contributed by atoms with E-state index in [2.05, 4.69) is 28.3 Å². The molecule has 0 amide bonds. The molecule has 1 nitrogen and oxygen atoms in total. The SMILES string of the molecule is Cc1ncc(Cl)cc1S(S)(S)Cl. The lowest BCUT2D eigenvalue weighted by Gasteiger charge is -2.20. The Bertz CT molecular complexity index is 297. The minimum absolute atomic E-state index is 0.552. The quantitative estimate of drug-likeness (QED) is 0.573. The van der Waals surface area contributed by atoms with Gasteiger partial charge in [-0.3, -0.25) is 4.98 Å². The van der Waals surface area contributed by atoms with Gasteiger partial charge in [-0.25, -0.2) is 0 Å². The van der Waals surface area contributed by atoms with Crippen LogP contribution in [0.25, 0.3) is 0 Å². The summed E-state index contributed by atoms with van der Waals surface area (Å²) in [6.07, 6.45) is 1.57. The van der Waals surface area contributed by atoms with E-state index < -0.39 is 7.31 Å². The van der Waals surface area contributed by atoms with Crippen molar-refractivity contribution >= 4 is 52.9 Å². The van der Waals surface area contributed by atoms with E-state index in [1.54, 1.807) is 12.3 Å². The van der Waals surface area contributed by atoms with Gasteiger partial charge in [-0.15, -0.1) is 23.3 Å². The van der Waals surface area contributed by atoms with Gasteiger partial charge in [-0.1, -0.05) is 11.6 Å². The molecule has 0 atom stereocenters. The van der Waals surface area contributed by atoms with Crippen LogP contribution in [0, 0.1) is 6.92 Å². The van der Waals surface area contributed by atoms with E-state index >= 15 is 0 Å². The predicted octanol–water partition coefficient (Wildman–Crippen LogP) is 4.05. The standard InChI is InChI=1S/C6H7Cl2NS3/c1-4-6(12(8,10)11)2-5(7)3-9-4/h2-3,10-11H,1H3. The minimum Gasteiger partial charge on any atom is -0.259 e. The van der Waals surface area contributed by atoms with Crippen molar-refractivity contribution in [2.24, 2.45) is 0 Å². The van der Waals surface area contributed by atoms with Gasteiger partial charge in [0, 0.05) is 11.1 Å². The summed E-state index contributed by atoms with van der Waals surface area (Å²) in [5, 5.41) is 0.552. The molecule has 1 aromatic heterocycles. The molecule has 0 bridgehead atoms. The van der Waals surface area contributed by atoms with E-state index in [4.69, 9.17) is 22.3 Å². The van der Waals surface area contributed by atoms with Crippen molar-refractivity contribution in [3.8, 4) is 0 Å². The first-order valence-corrected chi connectivity index (χ1v) is 7.95. The molecule has 0 unspecified atom stereocenters. The van der Waals surface area contributed by atoms with E-state index in [0.29, 0.717) is 5.02 Å². The molecule has 0 N–H and O–H groups in total. The van der Waals surface area contributed by atoms with Gasteiger partial charge < -0.3 is 0 Å². The topological polar surface area (TPSA) is 12.9 Å². The molecule has 0 aliphatic heterocycles. The number of hydrogen-bond acceptors (Lipinski definition) is 3. The van der Waals surface area contributed by atoms with Crippen LogP contribution in [-0.4, -0.2) is 4.98 Å². The molecule has 68 valence electrons. The summed E-state index contributed by atoms with van der Waals surface area (Å²) >= 11 is 14.1. The summed E-state index contributed by atoms with van der Waals surface area (Å²) < 4.78 is 0. The highest BCUT2D eigenvalue weighted by Crippen LogP contribution is 2.69. The second-order valence-electron chi connectivity index (χ2n) is 2.22. The summed E-state index contributed by atoms with van der Waals surface area (Å²) in [5.41, 5.74) is 0.814. The second kappa shape index (κ2) is 3.88. The Balaban J connectivity index is 3.23. The molecule has 1 aromatic rings. The molecule has 0 saturated carbocycles. The van der Waals surface area contributed by atoms with Crippen molar-refractivity contribution in [2.45, 2.75) is 11.8 Å². The Labute approximate surface area is 92.3 Å². The molecule has 6 heteroatoms. The molecule has 0 radical (unpaired) electrons. The third-order valence-electron chi connectivity index (χ3n) is 1.29. The summed E-state index contributed by atoms with van der Waals surface area (Å²) in [4.78, 5) is 4.85. The Kier molecular flexibility index (Phi) is 3.51. The molecule has 0 aromatic carbocycles. The summed E-state index contributed by atoms with van der Waals surface area (Å²) in [6, 6.07) is 1.74. The lowest BCUT2D eigenvalue weighted by Crippen LogP contribution is -1.87. The van der Waals surface area contributed by atoms with Crippen molar-refractivity contribution in [1.29, 1.82) is 0 Å². The molecule has 0 aliphatic carbocycles. The van der Waals surface area contributed by atoms with Crippen molar-refractivity contribution < 1.29 is 0 Å². The van der Waals surface area contributed by atoms with Gasteiger partial charge in [-0.2, -0.15) is 0 Å². The average Bonchev–Trinajstić information content (AvgIpc) is 1.92. The van der Waals surface area contributed by atoms with Crippen molar-refractivity contribution in [2.75, 3.05) is 0 Å². The van der Waals surface area contributed by atoms with Gasteiger partial charge in [0.25, 0.3) is 0 Å². The molecular weight excluding hydrogens is 253 g/mol. The molecule has 0 saturated heterocycles. The number of aromatic nitrogens is 1. The monoisotopic (exact) mass is 259 g/mol. The fraction of sp³-hybridized carbons (Fsp3) is 0.167. The zero-order valence-electron chi connectivity index (χ0n) is 6.16. The Morgan fingerprint density at radius 2 is 2.08 bits per heavy atom. The lowest BCUT2D eigenvalue weighted by molar-refractivity contribution is 1.12. The van der Waals surface area contributed by atoms with Crippen LogP contribution in [0.3, 0.4) is 0 Å². The smallest absolute Gasteiger partial charge is 0.0601 e. The number of rotatable bonds is 1. The first kappa shape index (κ1) is 10.9. The van der Waals surface area contributed by atoms with Crippen LogP contribution in [-0.2, 0) is 0 Å². The number of hydrogen-bond donors (Lipinski definition) is 2. The zero-order chi connectivity index (χ0) is 9.35. The van der Waals surface area contributed by atoms with Gasteiger partial charge in [-0.05, 0) is 31.0 Å². The maximum Gasteiger partial charge on any atom is 0.0601 e. The highest BCUT2D eigenvalue weighted by Gasteiger charge is 2.17. The van der Waals surface area contributed by atoms with Crippen LogP contribution in [0.5, 0.6) is 0 Å². The summed E-state index contributed by atoms with van der Waals surface area (Å²) in [5.74, 6) is 0.